The van der Waals surface area contributed by atoms with Gasteiger partial charge in [-0.3, -0.25) is 0 Å². The van der Waals surface area contributed by atoms with Gasteiger partial charge < -0.3 is 10.1 Å². The smallest absolute Gasteiger partial charge is 0.0576 e. The average molecular weight is 249 g/mol. The first kappa shape index (κ1) is 11.7. The fourth-order valence-corrected chi connectivity index (χ4v) is 4.43. The summed E-state index contributed by atoms with van der Waals surface area (Å²) in [4.78, 5) is 0. The normalized spacial score (nSPS) is 46.3. The summed E-state index contributed by atoms with van der Waals surface area (Å²) < 4.78 is 5.81. The van der Waals surface area contributed by atoms with Gasteiger partial charge in [0.15, 0.2) is 0 Å². The van der Waals surface area contributed by atoms with E-state index in [-0.39, 0.29) is 0 Å². The van der Waals surface area contributed by atoms with E-state index in [0.29, 0.717) is 11.5 Å². The summed E-state index contributed by atoms with van der Waals surface area (Å²) in [5.41, 5.74) is 0.655. The van der Waals surface area contributed by atoms with Crippen molar-refractivity contribution in [1.29, 1.82) is 0 Å². The van der Waals surface area contributed by atoms with Gasteiger partial charge in [-0.05, 0) is 75.0 Å². The zero-order chi connectivity index (χ0) is 12.0. The van der Waals surface area contributed by atoms with Crippen molar-refractivity contribution in [2.24, 2.45) is 17.3 Å². The molecule has 2 nitrogen and oxygen atoms in total. The molecule has 3 unspecified atom stereocenters. The molecule has 0 aromatic carbocycles. The zero-order valence-electron chi connectivity index (χ0n) is 11.5. The van der Waals surface area contributed by atoms with Gasteiger partial charge in [0.2, 0.25) is 0 Å². The number of nitrogens with one attached hydrogen (secondary N) is 1. The van der Waals surface area contributed by atoms with Crippen molar-refractivity contribution in [3.63, 3.8) is 0 Å². The molecule has 0 bridgehead atoms. The number of rotatable bonds is 6. The molecule has 18 heavy (non-hydrogen) atoms. The van der Waals surface area contributed by atoms with Crippen LogP contribution in [0.5, 0.6) is 0 Å². The molecule has 3 aliphatic carbocycles. The molecule has 1 aliphatic heterocycles. The summed E-state index contributed by atoms with van der Waals surface area (Å²) in [5, 5.41) is 3.82. The van der Waals surface area contributed by atoms with Crippen LogP contribution in [-0.4, -0.2) is 25.3 Å². The zero-order valence-corrected chi connectivity index (χ0v) is 11.5. The van der Waals surface area contributed by atoms with Gasteiger partial charge in [-0.2, -0.15) is 0 Å². The van der Waals surface area contributed by atoms with Gasteiger partial charge in [0.05, 0.1) is 6.10 Å². The van der Waals surface area contributed by atoms with Gasteiger partial charge in [0.1, 0.15) is 0 Å². The summed E-state index contributed by atoms with van der Waals surface area (Å²) >= 11 is 0. The van der Waals surface area contributed by atoms with E-state index >= 15 is 0 Å². The second-order valence-corrected chi connectivity index (χ2v) is 7.49. The number of ether oxygens (including phenoxy) is 1. The van der Waals surface area contributed by atoms with E-state index in [1.54, 1.807) is 6.42 Å². The first-order chi connectivity index (χ1) is 8.83. The lowest BCUT2D eigenvalue weighted by molar-refractivity contribution is 0.0849. The van der Waals surface area contributed by atoms with Gasteiger partial charge in [-0.1, -0.05) is 0 Å². The van der Waals surface area contributed by atoms with Crippen LogP contribution in [0.4, 0.5) is 0 Å². The summed E-state index contributed by atoms with van der Waals surface area (Å²) in [6.45, 7) is 2.32. The molecule has 0 spiro atoms. The van der Waals surface area contributed by atoms with Gasteiger partial charge in [0.25, 0.3) is 0 Å². The molecule has 0 aromatic rings. The maximum absolute atomic E-state index is 5.81. The Balaban J connectivity index is 1.32. The second-order valence-electron chi connectivity index (χ2n) is 7.49. The monoisotopic (exact) mass is 249 g/mol. The number of fused-ring (bicyclic) bond motifs is 1. The second kappa shape index (κ2) is 4.49. The first-order valence-corrected chi connectivity index (χ1v) is 8.18. The van der Waals surface area contributed by atoms with E-state index in [4.69, 9.17) is 4.74 Å². The standard InChI is InChI=1S/C16H27NO/c1-2-15(18-7-1)5-6-16(11-17-14-3-4-14)9-12-8-13(12)10-16/h12-15,17H,1-11H2. The molecule has 0 radical (unpaired) electrons. The largest absolute Gasteiger partial charge is 0.378 e. The van der Waals surface area contributed by atoms with Crippen LogP contribution in [0.1, 0.15) is 57.8 Å². The Bertz CT molecular complexity index is 296. The third-order valence-corrected chi connectivity index (χ3v) is 5.82. The third-order valence-electron chi connectivity index (χ3n) is 5.82. The van der Waals surface area contributed by atoms with Crippen LogP contribution in [0.2, 0.25) is 0 Å². The highest BCUT2D eigenvalue weighted by Gasteiger charge is 2.53. The molecule has 0 aromatic heterocycles. The number of hydrogen-bond acceptors (Lipinski definition) is 2. The van der Waals surface area contributed by atoms with Crippen LogP contribution in [-0.2, 0) is 4.74 Å². The first-order valence-electron chi connectivity index (χ1n) is 8.18. The maximum Gasteiger partial charge on any atom is 0.0576 e. The van der Waals surface area contributed by atoms with E-state index < -0.39 is 0 Å². The molecule has 4 fully saturated rings. The van der Waals surface area contributed by atoms with Crippen molar-refractivity contribution >= 4 is 0 Å². The van der Waals surface area contributed by atoms with E-state index in [0.717, 1.165) is 24.5 Å². The Morgan fingerprint density at radius 3 is 2.61 bits per heavy atom. The summed E-state index contributed by atoms with van der Waals surface area (Å²) in [6, 6.07) is 0.876. The lowest BCUT2D eigenvalue weighted by Gasteiger charge is -2.32. The fourth-order valence-electron chi connectivity index (χ4n) is 4.43. The SMILES string of the molecule is C1COC(CCC2(CNC3CC3)CC3CC3C2)C1. The van der Waals surface area contributed by atoms with Gasteiger partial charge in [-0.25, -0.2) is 0 Å². The molecule has 102 valence electrons. The van der Waals surface area contributed by atoms with E-state index in [9.17, 15) is 0 Å². The molecule has 4 aliphatic rings. The van der Waals surface area contributed by atoms with Crippen LogP contribution >= 0.6 is 0 Å². The van der Waals surface area contributed by atoms with Crippen LogP contribution in [0.25, 0.3) is 0 Å². The lowest BCUT2D eigenvalue weighted by Crippen LogP contribution is -2.35. The molecule has 3 atom stereocenters. The molecular formula is C16H27NO. The minimum atomic E-state index is 0.597. The van der Waals surface area contributed by atoms with E-state index in [1.165, 1.54) is 57.9 Å². The van der Waals surface area contributed by atoms with Crippen molar-refractivity contribution in [1.82, 2.24) is 5.32 Å². The topological polar surface area (TPSA) is 21.3 Å². The molecular weight excluding hydrogens is 222 g/mol. The Kier molecular flexibility index (Phi) is 2.92. The Morgan fingerprint density at radius 1 is 1.11 bits per heavy atom. The lowest BCUT2D eigenvalue weighted by atomic mass is 9.77. The van der Waals surface area contributed by atoms with Crippen LogP contribution in [0, 0.1) is 17.3 Å². The highest BCUT2D eigenvalue weighted by molar-refractivity contribution is 5.05. The molecule has 4 rings (SSSR count). The summed E-state index contributed by atoms with van der Waals surface area (Å²) in [6.07, 6.45) is 13.4. The minimum Gasteiger partial charge on any atom is -0.378 e. The molecule has 1 heterocycles. The highest BCUT2D eigenvalue weighted by Crippen LogP contribution is 2.61. The van der Waals surface area contributed by atoms with Crippen molar-refractivity contribution < 1.29 is 4.74 Å². The molecule has 3 saturated carbocycles. The molecule has 1 N–H and O–H groups in total. The van der Waals surface area contributed by atoms with Crippen molar-refractivity contribution in [2.45, 2.75) is 69.9 Å². The minimum absolute atomic E-state index is 0.597. The van der Waals surface area contributed by atoms with Gasteiger partial charge >= 0.3 is 0 Å². The fraction of sp³-hybridized carbons (Fsp3) is 1.00. The average Bonchev–Trinajstić information content (AvgIpc) is 3.25. The van der Waals surface area contributed by atoms with Gasteiger partial charge in [0, 0.05) is 19.2 Å². The Hall–Kier alpha value is -0.0800. The van der Waals surface area contributed by atoms with E-state index in [2.05, 4.69) is 5.32 Å². The van der Waals surface area contributed by atoms with Crippen molar-refractivity contribution in [2.75, 3.05) is 13.2 Å². The predicted molar refractivity (Wildman–Crippen MR) is 72.5 cm³/mol. The van der Waals surface area contributed by atoms with Gasteiger partial charge in [-0.15, -0.1) is 0 Å². The Labute approximate surface area is 111 Å². The van der Waals surface area contributed by atoms with E-state index in [1.807, 2.05) is 0 Å². The molecule has 0 amide bonds. The predicted octanol–water partition coefficient (Wildman–Crippen LogP) is 3.11. The van der Waals surface area contributed by atoms with Crippen molar-refractivity contribution in [3.05, 3.63) is 0 Å². The molecule has 2 heteroatoms. The van der Waals surface area contributed by atoms with Crippen LogP contribution < -0.4 is 5.32 Å². The van der Waals surface area contributed by atoms with Crippen LogP contribution in [0.15, 0.2) is 0 Å². The number of hydrogen-bond donors (Lipinski definition) is 1. The Morgan fingerprint density at radius 2 is 1.94 bits per heavy atom. The highest BCUT2D eigenvalue weighted by atomic mass is 16.5. The maximum atomic E-state index is 5.81. The third kappa shape index (κ3) is 2.46. The van der Waals surface area contributed by atoms with Crippen LogP contribution in [0.3, 0.4) is 0 Å². The van der Waals surface area contributed by atoms with Crippen molar-refractivity contribution in [3.8, 4) is 0 Å². The quantitative estimate of drug-likeness (QED) is 0.781. The summed E-state index contributed by atoms with van der Waals surface area (Å²) in [5.74, 6) is 2.21. The molecule has 1 saturated heterocycles. The summed E-state index contributed by atoms with van der Waals surface area (Å²) in [7, 11) is 0.